The number of rotatable bonds is 7. The maximum absolute atomic E-state index is 13.5. The molecule has 0 atom stereocenters. The van der Waals surface area contributed by atoms with Gasteiger partial charge in [0, 0.05) is 35.2 Å². The summed E-state index contributed by atoms with van der Waals surface area (Å²) in [6.45, 7) is 4.52. The van der Waals surface area contributed by atoms with Crippen molar-refractivity contribution in [2.75, 3.05) is 50.6 Å². The van der Waals surface area contributed by atoms with Crippen molar-refractivity contribution in [3.63, 3.8) is 0 Å². The molecule has 2 aliphatic rings. The van der Waals surface area contributed by atoms with Crippen molar-refractivity contribution in [1.82, 2.24) is 14.9 Å². The van der Waals surface area contributed by atoms with E-state index in [-0.39, 0.29) is 10.9 Å². The number of carbonyl (C=O) groups is 1. The van der Waals surface area contributed by atoms with Gasteiger partial charge in [-0.25, -0.2) is 14.4 Å². The fraction of sp³-hybridized carbons (Fsp3) is 0.346. The first-order valence-corrected chi connectivity index (χ1v) is 12.1. The first-order chi connectivity index (χ1) is 17.4. The van der Waals surface area contributed by atoms with Gasteiger partial charge >= 0.3 is 0 Å². The minimum absolute atomic E-state index is 0.000819. The minimum atomic E-state index is -0.505. The van der Waals surface area contributed by atoms with Crippen LogP contribution in [0, 0.1) is 11.2 Å². The van der Waals surface area contributed by atoms with Gasteiger partial charge in [-0.05, 0) is 50.2 Å². The molecule has 2 N–H and O–H groups in total. The van der Waals surface area contributed by atoms with Gasteiger partial charge in [0.25, 0.3) is 0 Å². The molecule has 0 saturated carbocycles. The summed E-state index contributed by atoms with van der Waals surface area (Å²) in [5.74, 6) is 0.193. The van der Waals surface area contributed by atoms with Crippen LogP contribution in [-0.2, 0) is 9.53 Å². The van der Waals surface area contributed by atoms with Crippen LogP contribution < -0.4 is 15.4 Å². The van der Waals surface area contributed by atoms with Crippen molar-refractivity contribution in [3.8, 4) is 5.75 Å². The molecule has 188 valence electrons. The normalized spacial score (nSPS) is 17.3. The maximum atomic E-state index is 13.5. The number of amides is 1. The number of piperidine rings is 1. The fourth-order valence-corrected chi connectivity index (χ4v) is 4.71. The highest BCUT2D eigenvalue weighted by Gasteiger charge is 2.40. The van der Waals surface area contributed by atoms with Crippen LogP contribution in [0.4, 0.5) is 21.6 Å². The van der Waals surface area contributed by atoms with Gasteiger partial charge in [0.15, 0.2) is 0 Å². The summed E-state index contributed by atoms with van der Waals surface area (Å²) in [6.07, 6.45) is 7.12. The zero-order valence-corrected chi connectivity index (χ0v) is 20.6. The van der Waals surface area contributed by atoms with Gasteiger partial charge in [0.1, 0.15) is 23.7 Å². The van der Waals surface area contributed by atoms with Crippen LogP contribution in [0.15, 0.2) is 48.8 Å². The van der Waals surface area contributed by atoms with Gasteiger partial charge in [0.05, 0.1) is 36.6 Å². The first kappa shape index (κ1) is 24.4. The van der Waals surface area contributed by atoms with E-state index in [1.54, 1.807) is 24.3 Å². The lowest BCUT2D eigenvalue weighted by Crippen LogP contribution is -2.50. The molecule has 8 nitrogen and oxygen atoms in total. The third-order valence-corrected chi connectivity index (χ3v) is 7.05. The lowest BCUT2D eigenvalue weighted by Gasteiger charge is -2.47. The number of nitrogens with one attached hydrogen (secondary N) is 2. The van der Waals surface area contributed by atoms with E-state index in [9.17, 15) is 9.18 Å². The van der Waals surface area contributed by atoms with Crippen molar-refractivity contribution in [2.45, 2.75) is 12.8 Å². The Hall–Kier alpha value is -3.27. The van der Waals surface area contributed by atoms with E-state index >= 15 is 0 Å². The van der Waals surface area contributed by atoms with Gasteiger partial charge in [-0.3, -0.25) is 9.69 Å². The number of benzene rings is 2. The van der Waals surface area contributed by atoms with E-state index < -0.39 is 5.82 Å². The van der Waals surface area contributed by atoms with Crippen LogP contribution in [-0.4, -0.2) is 60.7 Å². The van der Waals surface area contributed by atoms with Crippen LogP contribution in [0.2, 0.25) is 5.02 Å². The molecule has 1 aromatic heterocycles. The molecular weight excluding hydrogens is 485 g/mol. The molecule has 0 aliphatic carbocycles. The smallest absolute Gasteiger partial charge is 0.248 e. The Kier molecular flexibility index (Phi) is 7.04. The van der Waals surface area contributed by atoms with E-state index in [4.69, 9.17) is 21.1 Å². The van der Waals surface area contributed by atoms with Crippen LogP contribution in [0.25, 0.3) is 10.9 Å². The lowest BCUT2D eigenvalue weighted by atomic mass is 9.77. The average molecular weight is 512 g/mol. The molecule has 1 spiro atoms. The summed E-state index contributed by atoms with van der Waals surface area (Å²) in [6, 6.07) is 7.79. The number of hydrogen-bond donors (Lipinski definition) is 2. The van der Waals surface area contributed by atoms with Crippen molar-refractivity contribution in [1.29, 1.82) is 0 Å². The minimum Gasteiger partial charge on any atom is -0.494 e. The quantitative estimate of drug-likeness (QED) is 0.441. The molecule has 0 radical (unpaired) electrons. The Balaban J connectivity index is 1.28. The number of fused-ring (bicyclic) bond motifs is 1. The number of aromatic nitrogens is 2. The largest absolute Gasteiger partial charge is 0.494 e. The number of halogens is 2. The molecule has 2 aromatic carbocycles. The number of carbonyl (C=O) groups excluding carboxylic acids is 1. The summed E-state index contributed by atoms with van der Waals surface area (Å²) in [7, 11) is 1.53. The van der Waals surface area contributed by atoms with E-state index in [0.29, 0.717) is 39.3 Å². The molecule has 0 bridgehead atoms. The van der Waals surface area contributed by atoms with Crippen molar-refractivity contribution in [2.24, 2.45) is 5.41 Å². The van der Waals surface area contributed by atoms with Crippen LogP contribution in [0.1, 0.15) is 12.8 Å². The zero-order valence-electron chi connectivity index (χ0n) is 19.9. The van der Waals surface area contributed by atoms with Crippen LogP contribution >= 0.6 is 11.6 Å². The topological polar surface area (TPSA) is 88.6 Å². The second-order valence-corrected chi connectivity index (χ2v) is 9.64. The van der Waals surface area contributed by atoms with Gasteiger partial charge in [-0.2, -0.15) is 0 Å². The number of hydrogen-bond acceptors (Lipinski definition) is 7. The summed E-state index contributed by atoms with van der Waals surface area (Å²) >= 11 is 5.91. The average Bonchev–Trinajstić information content (AvgIpc) is 2.86. The second-order valence-electron chi connectivity index (χ2n) is 9.23. The Morgan fingerprint density at radius 1 is 1.25 bits per heavy atom. The molecule has 5 rings (SSSR count). The van der Waals surface area contributed by atoms with Gasteiger partial charge in [-0.15, -0.1) is 0 Å². The SMILES string of the molecule is COc1cc2ncnc(Nc3ccc(F)c(Cl)c3)c2cc1NC(=O)C=CCN1CCC2(CC1)COC2. The Morgan fingerprint density at radius 3 is 2.75 bits per heavy atom. The fourth-order valence-electron chi connectivity index (χ4n) is 4.53. The molecule has 36 heavy (non-hydrogen) atoms. The monoisotopic (exact) mass is 511 g/mol. The van der Waals surface area contributed by atoms with Gasteiger partial charge in [0.2, 0.25) is 5.91 Å². The van der Waals surface area contributed by atoms with Crippen molar-refractivity contribution >= 4 is 45.6 Å². The highest BCUT2D eigenvalue weighted by Crippen LogP contribution is 2.38. The number of likely N-dealkylation sites (tertiary alicyclic amines) is 1. The van der Waals surface area contributed by atoms with E-state index in [1.165, 1.54) is 25.6 Å². The van der Waals surface area contributed by atoms with E-state index in [0.717, 1.165) is 45.7 Å². The summed E-state index contributed by atoms with van der Waals surface area (Å²) in [5.41, 5.74) is 2.06. The van der Waals surface area contributed by atoms with Gasteiger partial charge in [-0.1, -0.05) is 17.7 Å². The molecule has 10 heteroatoms. The molecule has 3 aromatic rings. The van der Waals surface area contributed by atoms with Crippen LogP contribution in [0.3, 0.4) is 0 Å². The predicted octanol–water partition coefficient (Wildman–Crippen LogP) is 4.78. The number of ether oxygens (including phenoxy) is 2. The lowest BCUT2D eigenvalue weighted by molar-refractivity contribution is -0.138. The highest BCUT2D eigenvalue weighted by atomic mass is 35.5. The van der Waals surface area contributed by atoms with Gasteiger partial charge < -0.3 is 20.1 Å². The van der Waals surface area contributed by atoms with E-state index in [2.05, 4.69) is 25.5 Å². The predicted molar refractivity (Wildman–Crippen MR) is 137 cm³/mol. The molecular formula is C26H27ClFN5O3. The van der Waals surface area contributed by atoms with Crippen molar-refractivity contribution < 1.29 is 18.7 Å². The third kappa shape index (κ3) is 5.28. The molecule has 1 amide bonds. The van der Waals surface area contributed by atoms with Crippen LogP contribution in [0.5, 0.6) is 5.75 Å². The second kappa shape index (κ2) is 10.4. The molecule has 2 saturated heterocycles. The maximum Gasteiger partial charge on any atom is 0.248 e. The summed E-state index contributed by atoms with van der Waals surface area (Å²) in [4.78, 5) is 23.6. The third-order valence-electron chi connectivity index (χ3n) is 6.76. The molecule has 2 fully saturated rings. The molecule has 2 aliphatic heterocycles. The summed E-state index contributed by atoms with van der Waals surface area (Å²) in [5, 5.41) is 6.68. The Morgan fingerprint density at radius 2 is 2.06 bits per heavy atom. The standard InChI is InChI=1S/C26H27ClFN5O3/c1-35-23-13-21-18(25(30-16-29-21)31-17-4-5-20(28)19(27)11-17)12-22(23)32-24(34)3-2-8-33-9-6-26(7-10-33)14-36-15-26/h2-5,11-13,16H,6-10,14-15H2,1H3,(H,32,34)(H,29,30,31). The molecule has 0 unspecified atom stereocenters. The first-order valence-electron chi connectivity index (χ1n) is 11.8. The summed E-state index contributed by atoms with van der Waals surface area (Å²) < 4.78 is 24.4. The number of anilines is 3. The molecule has 3 heterocycles. The Bertz CT molecular complexity index is 1300. The highest BCUT2D eigenvalue weighted by molar-refractivity contribution is 6.31. The zero-order chi connectivity index (χ0) is 25.1. The van der Waals surface area contributed by atoms with Crippen molar-refractivity contribution in [3.05, 3.63) is 59.7 Å². The number of methoxy groups -OCH3 is 1. The number of nitrogens with zero attached hydrogens (tertiary/aromatic N) is 3. The van der Waals surface area contributed by atoms with E-state index in [1.807, 2.05) is 6.08 Å². The Labute approximate surface area is 213 Å².